The highest BCUT2D eigenvalue weighted by molar-refractivity contribution is 7.89. The molecule has 0 fully saturated rings. The van der Waals surface area contributed by atoms with E-state index in [0.29, 0.717) is 22.2 Å². The van der Waals surface area contributed by atoms with E-state index >= 15 is 0 Å². The first-order chi connectivity index (χ1) is 11.3. The average Bonchev–Trinajstić information content (AvgIpc) is 2.54. The van der Waals surface area contributed by atoms with Gasteiger partial charge in [-0.25, -0.2) is 13.6 Å². The number of benzene rings is 2. The van der Waals surface area contributed by atoms with Gasteiger partial charge in [-0.05, 0) is 43.3 Å². The smallest absolute Gasteiger partial charge is 0.238 e. The van der Waals surface area contributed by atoms with Crippen LogP contribution < -0.4 is 10.6 Å². The summed E-state index contributed by atoms with van der Waals surface area (Å²) in [5, 5.41) is 5.53. The number of primary sulfonamides is 1. The molecule has 3 aromatic rings. The van der Waals surface area contributed by atoms with Gasteiger partial charge in [-0.15, -0.1) is 0 Å². The predicted octanol–water partition coefficient (Wildman–Crippen LogP) is 2.50. The first-order valence-corrected chi connectivity index (χ1v) is 8.58. The summed E-state index contributed by atoms with van der Waals surface area (Å²) in [4.78, 5) is 16.6. The summed E-state index contributed by atoms with van der Waals surface area (Å²) < 4.78 is 27.9. The van der Waals surface area contributed by atoms with Crippen molar-refractivity contribution >= 4 is 32.9 Å². The van der Waals surface area contributed by atoms with Crippen LogP contribution in [-0.4, -0.2) is 14.6 Å². The molecule has 0 aliphatic heterocycles. The van der Waals surface area contributed by atoms with Crippen LogP contribution in [0.1, 0.15) is 11.1 Å². The molecule has 6 nitrogen and oxygen atoms in total. The van der Waals surface area contributed by atoms with E-state index in [1.54, 1.807) is 12.1 Å². The Kier molecular flexibility index (Phi) is 4.04. The van der Waals surface area contributed by atoms with Gasteiger partial charge in [-0.2, -0.15) is 0 Å². The topological polar surface area (TPSA) is 103 Å². The molecule has 0 amide bonds. The lowest BCUT2D eigenvalue weighted by molar-refractivity contribution is 0.597. The van der Waals surface area contributed by atoms with Gasteiger partial charge in [0.2, 0.25) is 15.5 Å². The zero-order valence-electron chi connectivity index (χ0n) is 12.8. The van der Waals surface area contributed by atoms with E-state index in [4.69, 9.17) is 9.56 Å². The van der Waals surface area contributed by atoms with Gasteiger partial charge in [0.1, 0.15) is 11.8 Å². The quantitative estimate of drug-likeness (QED) is 0.739. The van der Waals surface area contributed by atoms with Crippen molar-refractivity contribution in [2.75, 3.05) is 0 Å². The standard InChI is InChI=1S/C17H14N2O4S/c1-11-2-7-16-15(8-11)17(20)12(10-23-16)9-19-13-3-5-14(6-4-13)24(18,21)22/h2-10H,1H3,(H2,18,21,22). The third-order valence-corrected chi connectivity index (χ3v) is 4.40. The molecule has 1 aromatic heterocycles. The maximum Gasteiger partial charge on any atom is 0.238 e. The van der Waals surface area contributed by atoms with Crippen molar-refractivity contribution in [2.24, 2.45) is 10.1 Å². The Morgan fingerprint density at radius 2 is 1.83 bits per heavy atom. The Morgan fingerprint density at radius 3 is 2.50 bits per heavy atom. The molecular formula is C17H14N2O4S. The van der Waals surface area contributed by atoms with E-state index in [0.717, 1.165) is 5.56 Å². The Balaban J connectivity index is 1.96. The van der Waals surface area contributed by atoms with Crippen LogP contribution in [0, 0.1) is 6.92 Å². The van der Waals surface area contributed by atoms with E-state index in [-0.39, 0.29) is 10.3 Å². The van der Waals surface area contributed by atoms with Gasteiger partial charge in [0.25, 0.3) is 0 Å². The van der Waals surface area contributed by atoms with Crippen molar-refractivity contribution in [3.63, 3.8) is 0 Å². The van der Waals surface area contributed by atoms with Crippen LogP contribution in [0.4, 0.5) is 5.69 Å². The summed E-state index contributed by atoms with van der Waals surface area (Å²) in [5.41, 5.74) is 2.10. The average molecular weight is 342 g/mol. The molecule has 0 aliphatic carbocycles. The van der Waals surface area contributed by atoms with Crippen molar-refractivity contribution in [1.29, 1.82) is 0 Å². The van der Waals surface area contributed by atoms with Crippen molar-refractivity contribution in [3.05, 3.63) is 70.1 Å². The van der Waals surface area contributed by atoms with Gasteiger partial charge >= 0.3 is 0 Å². The molecule has 24 heavy (non-hydrogen) atoms. The Labute approximate surface area is 138 Å². The number of nitrogens with two attached hydrogens (primary N) is 1. The van der Waals surface area contributed by atoms with Crippen LogP contribution in [0.15, 0.2) is 67.8 Å². The van der Waals surface area contributed by atoms with E-state index in [2.05, 4.69) is 4.99 Å². The molecule has 0 saturated heterocycles. The largest absolute Gasteiger partial charge is 0.463 e. The summed E-state index contributed by atoms with van der Waals surface area (Å²) in [6.07, 6.45) is 2.74. The van der Waals surface area contributed by atoms with Gasteiger partial charge in [0.15, 0.2) is 0 Å². The van der Waals surface area contributed by atoms with E-state index in [1.165, 1.54) is 36.7 Å². The molecule has 2 N–H and O–H groups in total. The van der Waals surface area contributed by atoms with Gasteiger partial charge in [-0.3, -0.25) is 9.79 Å². The van der Waals surface area contributed by atoms with Crippen LogP contribution >= 0.6 is 0 Å². The molecule has 0 bridgehead atoms. The summed E-state index contributed by atoms with van der Waals surface area (Å²) in [6.45, 7) is 1.90. The van der Waals surface area contributed by atoms with Gasteiger partial charge in [-0.1, -0.05) is 11.6 Å². The highest BCUT2D eigenvalue weighted by atomic mass is 32.2. The minimum absolute atomic E-state index is 0.00199. The minimum atomic E-state index is -3.74. The second-order valence-corrected chi connectivity index (χ2v) is 6.88. The van der Waals surface area contributed by atoms with Gasteiger partial charge < -0.3 is 4.42 Å². The fourth-order valence-corrected chi connectivity index (χ4v) is 2.73. The molecule has 1 heterocycles. The third kappa shape index (κ3) is 3.27. The lowest BCUT2D eigenvalue weighted by Crippen LogP contribution is -2.11. The van der Waals surface area contributed by atoms with E-state index in [1.807, 2.05) is 13.0 Å². The Bertz CT molecular complexity index is 1100. The maximum absolute atomic E-state index is 12.4. The molecule has 122 valence electrons. The van der Waals surface area contributed by atoms with Crippen LogP contribution in [0.2, 0.25) is 0 Å². The highest BCUT2D eigenvalue weighted by Crippen LogP contribution is 2.16. The van der Waals surface area contributed by atoms with E-state index in [9.17, 15) is 13.2 Å². The number of nitrogens with zero attached hydrogens (tertiary/aromatic N) is 1. The number of aryl methyl sites for hydroxylation is 1. The lowest BCUT2D eigenvalue weighted by Gasteiger charge is -2.00. The zero-order valence-corrected chi connectivity index (χ0v) is 13.6. The third-order valence-electron chi connectivity index (χ3n) is 3.47. The molecule has 0 saturated carbocycles. The molecule has 2 aromatic carbocycles. The van der Waals surface area contributed by atoms with Crippen molar-refractivity contribution in [1.82, 2.24) is 0 Å². The van der Waals surface area contributed by atoms with E-state index < -0.39 is 10.0 Å². The molecule has 0 aliphatic rings. The highest BCUT2D eigenvalue weighted by Gasteiger charge is 2.07. The van der Waals surface area contributed by atoms with Crippen LogP contribution in [-0.2, 0) is 10.0 Å². The Morgan fingerprint density at radius 1 is 1.12 bits per heavy atom. The summed E-state index contributed by atoms with van der Waals surface area (Å²) in [7, 11) is -3.74. The number of aliphatic imine (C=N–C) groups is 1. The number of rotatable bonds is 3. The molecule has 0 unspecified atom stereocenters. The molecule has 0 atom stereocenters. The summed E-state index contributed by atoms with van der Waals surface area (Å²) in [5.74, 6) is 0. The monoisotopic (exact) mass is 342 g/mol. The number of fused-ring (bicyclic) bond motifs is 1. The number of sulfonamides is 1. The van der Waals surface area contributed by atoms with Gasteiger partial charge in [0, 0.05) is 6.21 Å². The second kappa shape index (κ2) is 6.03. The van der Waals surface area contributed by atoms with Crippen molar-refractivity contribution in [3.8, 4) is 0 Å². The fourth-order valence-electron chi connectivity index (χ4n) is 2.22. The fraction of sp³-hybridized carbons (Fsp3) is 0.0588. The molecule has 0 radical (unpaired) electrons. The number of hydrogen-bond donors (Lipinski definition) is 1. The van der Waals surface area contributed by atoms with Crippen LogP contribution in [0.5, 0.6) is 0 Å². The minimum Gasteiger partial charge on any atom is -0.463 e. The lowest BCUT2D eigenvalue weighted by atomic mass is 10.1. The van der Waals surface area contributed by atoms with Crippen LogP contribution in [0.25, 0.3) is 11.0 Å². The Hall–Kier alpha value is -2.77. The molecule has 0 spiro atoms. The number of hydrogen-bond acceptors (Lipinski definition) is 5. The second-order valence-electron chi connectivity index (χ2n) is 5.32. The summed E-state index contributed by atoms with van der Waals surface area (Å²) in [6, 6.07) is 11.1. The molecular weight excluding hydrogens is 328 g/mol. The SMILES string of the molecule is Cc1ccc2occ(C=Nc3ccc(S(N)(=O)=O)cc3)c(=O)c2c1. The normalized spacial score (nSPS) is 12.1. The zero-order chi connectivity index (χ0) is 17.3. The molecule has 3 rings (SSSR count). The van der Waals surface area contributed by atoms with Crippen LogP contribution in [0.3, 0.4) is 0 Å². The summed E-state index contributed by atoms with van der Waals surface area (Å²) >= 11 is 0. The predicted molar refractivity (Wildman–Crippen MR) is 92.3 cm³/mol. The van der Waals surface area contributed by atoms with Crippen molar-refractivity contribution in [2.45, 2.75) is 11.8 Å². The maximum atomic E-state index is 12.4. The first-order valence-electron chi connectivity index (χ1n) is 7.04. The van der Waals surface area contributed by atoms with Gasteiger partial charge in [0.05, 0.1) is 21.5 Å². The molecule has 7 heteroatoms. The first kappa shape index (κ1) is 16.1. The van der Waals surface area contributed by atoms with Crippen molar-refractivity contribution < 1.29 is 12.8 Å².